The largest absolute Gasteiger partial charge is 0.472 e. The van der Waals surface area contributed by atoms with E-state index in [1.807, 2.05) is 0 Å². The first-order valence-corrected chi connectivity index (χ1v) is 42.2. The van der Waals surface area contributed by atoms with Gasteiger partial charge in [-0.15, -0.1) is 0 Å². The highest BCUT2D eigenvalue weighted by atomic mass is 31.2. The van der Waals surface area contributed by atoms with Crippen LogP contribution in [0.1, 0.15) is 383 Å². The normalized spacial score (nSPS) is 14.4. The predicted octanol–water partition coefficient (Wildman–Crippen LogP) is 22.0. The number of hydrogen-bond acceptors (Lipinski definition) is 15. The standard InChI is InChI=1S/C76H148O17P2/c1-9-69(8)55-47-39-34-35-41-49-57-74(79)87-63-72(93-76(81)58-50-42-32-26-19-12-10-11-16-22-28-36-44-52-66(2)3)65-91-95(84,85)89-61-70(77)60-88-94(82,83)90-64-71(62-86-73(78)56-48-40-31-25-21-15-18-24-30-38-46-54-68(6)7)92-75(80)59-51-43-33-27-20-14-13-17-23-29-37-45-53-67(4)5/h66-72,77H,9-65H2,1-8H3,(H,82,83)(H,84,85)/t69?,70-,71-,72-/m1/s1. The Hall–Kier alpha value is -1.94. The van der Waals surface area contributed by atoms with Crippen molar-refractivity contribution >= 4 is 39.5 Å². The van der Waals surface area contributed by atoms with Crippen molar-refractivity contribution in [1.82, 2.24) is 0 Å². The van der Waals surface area contributed by atoms with E-state index in [4.69, 9.17) is 37.0 Å². The van der Waals surface area contributed by atoms with Gasteiger partial charge < -0.3 is 33.8 Å². The van der Waals surface area contributed by atoms with E-state index in [-0.39, 0.29) is 25.7 Å². The number of unbranched alkanes of at least 4 members (excludes halogenated alkanes) is 38. The van der Waals surface area contributed by atoms with Crippen LogP contribution in [-0.4, -0.2) is 96.7 Å². The lowest BCUT2D eigenvalue weighted by Crippen LogP contribution is -2.30. The molecule has 6 atom stereocenters. The van der Waals surface area contributed by atoms with Crippen molar-refractivity contribution in [3.05, 3.63) is 0 Å². The van der Waals surface area contributed by atoms with Crippen molar-refractivity contribution in [2.75, 3.05) is 39.6 Å². The number of carbonyl (C=O) groups is 4. The van der Waals surface area contributed by atoms with E-state index in [0.29, 0.717) is 25.7 Å². The van der Waals surface area contributed by atoms with Crippen LogP contribution in [0.5, 0.6) is 0 Å². The number of phosphoric ester groups is 2. The zero-order valence-corrected chi connectivity index (χ0v) is 64.1. The molecule has 0 radical (unpaired) electrons. The Labute approximate surface area is 581 Å². The molecule has 0 heterocycles. The Balaban J connectivity index is 5.26. The Morgan fingerprint density at radius 1 is 0.295 bits per heavy atom. The molecule has 0 fully saturated rings. The lowest BCUT2D eigenvalue weighted by atomic mass is 10.00. The molecule has 0 saturated heterocycles. The van der Waals surface area contributed by atoms with Crippen LogP contribution in [0.2, 0.25) is 0 Å². The zero-order valence-electron chi connectivity index (χ0n) is 62.3. The fourth-order valence-corrected chi connectivity index (χ4v) is 13.1. The Morgan fingerprint density at radius 2 is 0.505 bits per heavy atom. The van der Waals surface area contributed by atoms with E-state index < -0.39 is 97.5 Å². The first-order valence-electron chi connectivity index (χ1n) is 39.2. The summed E-state index contributed by atoms with van der Waals surface area (Å²) >= 11 is 0. The minimum Gasteiger partial charge on any atom is -0.462 e. The fraction of sp³-hybridized carbons (Fsp3) is 0.947. The van der Waals surface area contributed by atoms with Crippen LogP contribution in [0.3, 0.4) is 0 Å². The van der Waals surface area contributed by atoms with Crippen molar-refractivity contribution in [3.8, 4) is 0 Å². The number of carbonyl (C=O) groups excluding carboxylic acids is 4. The summed E-state index contributed by atoms with van der Waals surface area (Å²) in [6, 6.07) is 0. The SMILES string of the molecule is CCC(C)CCCCCCCCC(=O)OC[C@H](COP(=O)(O)OC[C@H](O)COP(=O)(O)OC[C@@H](COC(=O)CCCCCCCCCCCCCC(C)C)OC(=O)CCCCCCCCCCCCCCC(C)C)OC(=O)CCCCCCCCCCCCCCCC(C)C. The van der Waals surface area contributed by atoms with Gasteiger partial charge >= 0.3 is 39.5 Å². The Kier molecular flexibility index (Phi) is 64.0. The molecule has 0 bridgehead atoms. The van der Waals surface area contributed by atoms with Gasteiger partial charge in [-0.05, 0) is 49.4 Å². The molecular weight excluding hydrogens is 1250 g/mol. The highest BCUT2D eigenvalue weighted by Gasteiger charge is 2.30. The summed E-state index contributed by atoms with van der Waals surface area (Å²) in [6.45, 7) is 14.2. The molecule has 0 aromatic rings. The third kappa shape index (κ3) is 69.0. The van der Waals surface area contributed by atoms with E-state index >= 15 is 0 Å². The van der Waals surface area contributed by atoms with Gasteiger partial charge in [0.1, 0.15) is 19.3 Å². The van der Waals surface area contributed by atoms with E-state index in [0.717, 1.165) is 120 Å². The number of rotatable bonds is 73. The lowest BCUT2D eigenvalue weighted by molar-refractivity contribution is -0.161. The molecule has 3 unspecified atom stereocenters. The van der Waals surface area contributed by atoms with E-state index in [1.54, 1.807) is 0 Å². The third-order valence-electron chi connectivity index (χ3n) is 17.9. The first kappa shape index (κ1) is 93.1. The number of aliphatic hydroxyl groups excluding tert-OH is 1. The molecule has 0 amide bonds. The average molecular weight is 1400 g/mol. The average Bonchev–Trinajstić information content (AvgIpc) is 1.27. The molecule has 17 nitrogen and oxygen atoms in total. The van der Waals surface area contributed by atoms with Gasteiger partial charge in [0.15, 0.2) is 12.2 Å². The molecule has 19 heteroatoms. The van der Waals surface area contributed by atoms with Crippen LogP contribution in [0, 0.1) is 23.7 Å². The molecule has 0 aliphatic carbocycles. The molecule has 0 spiro atoms. The minimum atomic E-state index is -4.96. The maximum atomic E-state index is 13.1. The second-order valence-corrected chi connectivity index (χ2v) is 32.0. The van der Waals surface area contributed by atoms with Gasteiger partial charge in [-0.2, -0.15) is 0 Å². The molecule has 0 aliphatic heterocycles. The summed E-state index contributed by atoms with van der Waals surface area (Å²) in [5, 5.41) is 10.6. The first-order chi connectivity index (χ1) is 45.6. The maximum absolute atomic E-state index is 13.1. The van der Waals surface area contributed by atoms with Crippen LogP contribution in [-0.2, 0) is 65.4 Å². The summed E-state index contributed by atoms with van der Waals surface area (Å²) in [4.78, 5) is 72.8. The molecule has 95 heavy (non-hydrogen) atoms. The van der Waals surface area contributed by atoms with Crippen molar-refractivity contribution in [2.24, 2.45) is 23.7 Å². The van der Waals surface area contributed by atoms with Gasteiger partial charge in [0, 0.05) is 25.7 Å². The summed E-state index contributed by atoms with van der Waals surface area (Å²) in [7, 11) is -9.91. The molecule has 0 rings (SSSR count). The summed E-state index contributed by atoms with van der Waals surface area (Å²) in [5.74, 6) is 0.944. The van der Waals surface area contributed by atoms with E-state index in [2.05, 4.69) is 55.4 Å². The molecule has 0 aromatic heterocycles. The minimum absolute atomic E-state index is 0.106. The second-order valence-electron chi connectivity index (χ2n) is 29.1. The quantitative estimate of drug-likeness (QED) is 0.0222. The highest BCUT2D eigenvalue weighted by molar-refractivity contribution is 7.47. The molecule has 3 N–H and O–H groups in total. The van der Waals surface area contributed by atoms with Gasteiger partial charge in [0.2, 0.25) is 0 Å². The van der Waals surface area contributed by atoms with Gasteiger partial charge in [0.25, 0.3) is 0 Å². The molecule has 0 aromatic carbocycles. The number of aliphatic hydroxyl groups is 1. The van der Waals surface area contributed by atoms with Crippen LogP contribution in [0.25, 0.3) is 0 Å². The summed E-state index contributed by atoms with van der Waals surface area (Å²) < 4.78 is 68.5. The van der Waals surface area contributed by atoms with Crippen molar-refractivity contribution in [3.63, 3.8) is 0 Å². The zero-order chi connectivity index (χ0) is 70.3. The predicted molar refractivity (Wildman–Crippen MR) is 386 cm³/mol. The number of hydrogen-bond donors (Lipinski definition) is 3. The Bertz CT molecular complexity index is 1870. The maximum Gasteiger partial charge on any atom is 0.472 e. The van der Waals surface area contributed by atoms with Crippen molar-refractivity contribution in [1.29, 1.82) is 0 Å². The topological polar surface area (TPSA) is 237 Å². The van der Waals surface area contributed by atoms with Crippen molar-refractivity contribution < 1.29 is 80.2 Å². The lowest BCUT2D eigenvalue weighted by Gasteiger charge is -2.21. The Morgan fingerprint density at radius 3 is 0.747 bits per heavy atom. The van der Waals surface area contributed by atoms with Gasteiger partial charge in [-0.3, -0.25) is 37.3 Å². The van der Waals surface area contributed by atoms with Crippen LogP contribution in [0.15, 0.2) is 0 Å². The van der Waals surface area contributed by atoms with Gasteiger partial charge in [-0.1, -0.05) is 331 Å². The molecule has 0 aliphatic rings. The second kappa shape index (κ2) is 65.4. The van der Waals surface area contributed by atoms with Gasteiger partial charge in [-0.25, -0.2) is 9.13 Å². The molecule has 0 saturated carbocycles. The fourth-order valence-electron chi connectivity index (χ4n) is 11.5. The smallest absolute Gasteiger partial charge is 0.462 e. The van der Waals surface area contributed by atoms with Crippen molar-refractivity contribution in [2.45, 2.75) is 401 Å². The third-order valence-corrected chi connectivity index (χ3v) is 19.8. The van der Waals surface area contributed by atoms with Crippen LogP contribution < -0.4 is 0 Å². The molecule has 564 valence electrons. The van der Waals surface area contributed by atoms with Crippen LogP contribution >= 0.6 is 15.6 Å². The van der Waals surface area contributed by atoms with Gasteiger partial charge in [0.05, 0.1) is 26.4 Å². The van der Waals surface area contributed by atoms with E-state index in [1.165, 1.54) is 180 Å². The number of phosphoric acid groups is 2. The number of ether oxygens (including phenoxy) is 4. The highest BCUT2D eigenvalue weighted by Crippen LogP contribution is 2.45. The number of esters is 4. The van der Waals surface area contributed by atoms with Crippen LogP contribution in [0.4, 0.5) is 0 Å². The monoisotopic (exact) mass is 1400 g/mol. The molecular formula is C76H148O17P2. The summed E-state index contributed by atoms with van der Waals surface area (Å²) in [6.07, 6.45) is 49.9. The summed E-state index contributed by atoms with van der Waals surface area (Å²) in [5.41, 5.74) is 0. The van der Waals surface area contributed by atoms with E-state index in [9.17, 15) is 43.2 Å².